The molecule has 0 fully saturated rings. The van der Waals surface area contributed by atoms with Gasteiger partial charge in [0.1, 0.15) is 5.75 Å². The lowest BCUT2D eigenvalue weighted by atomic mass is 10.3. The van der Waals surface area contributed by atoms with Crippen molar-refractivity contribution >= 4 is 17.6 Å². The number of ether oxygens (including phenoxy) is 2. The van der Waals surface area contributed by atoms with E-state index in [9.17, 15) is 9.18 Å². The van der Waals surface area contributed by atoms with Crippen LogP contribution in [0.4, 0.5) is 4.39 Å². The molecule has 1 rings (SSSR count). The molecule has 1 aromatic rings. The monoisotopic (exact) mass is 260 g/mol. The molecule has 0 N–H and O–H groups in total. The van der Waals surface area contributed by atoms with Crippen LogP contribution in [0.5, 0.6) is 5.75 Å². The summed E-state index contributed by atoms with van der Waals surface area (Å²) in [4.78, 5) is 11.2. The van der Waals surface area contributed by atoms with Crippen molar-refractivity contribution in [2.24, 2.45) is 0 Å². The van der Waals surface area contributed by atoms with Crippen molar-refractivity contribution in [1.29, 1.82) is 0 Å². The number of hydrogen-bond acceptors (Lipinski definition) is 3. The van der Waals surface area contributed by atoms with Gasteiger partial charge in [0, 0.05) is 6.42 Å². The Balaban J connectivity index is 2.36. The van der Waals surface area contributed by atoms with Crippen LogP contribution in [0.15, 0.2) is 24.3 Å². The fourth-order valence-electron chi connectivity index (χ4n) is 1.16. The third-order valence-corrected chi connectivity index (χ3v) is 2.27. The number of para-hydroxylation sites is 1. The maximum absolute atomic E-state index is 12.9. The van der Waals surface area contributed by atoms with Crippen LogP contribution in [0.25, 0.3) is 0 Å². The smallest absolute Gasteiger partial charge is 0.346 e. The number of benzene rings is 1. The van der Waals surface area contributed by atoms with Crippen LogP contribution in [0, 0.1) is 0 Å². The first-order valence-corrected chi connectivity index (χ1v) is 5.72. The molecule has 3 nitrogen and oxygen atoms in total. The molecule has 0 aliphatic heterocycles. The third-order valence-electron chi connectivity index (χ3n) is 1.96. The molecule has 0 saturated carbocycles. The fourth-order valence-corrected chi connectivity index (χ4v) is 1.35. The maximum atomic E-state index is 12.9. The van der Waals surface area contributed by atoms with E-state index < -0.39 is 12.3 Å². The lowest BCUT2D eigenvalue weighted by molar-refractivity contribution is -0.160. The minimum atomic E-state index is -1.57. The molecule has 0 bridgehead atoms. The largest absolute Gasteiger partial charge is 0.480 e. The second-order valence-corrected chi connectivity index (χ2v) is 3.81. The van der Waals surface area contributed by atoms with Crippen LogP contribution in [-0.2, 0) is 9.53 Å². The van der Waals surface area contributed by atoms with Crippen molar-refractivity contribution in [1.82, 2.24) is 0 Å². The first kappa shape index (κ1) is 13.8. The molecule has 0 amide bonds. The maximum Gasteiger partial charge on any atom is 0.346 e. The van der Waals surface area contributed by atoms with Crippen molar-refractivity contribution < 1.29 is 18.7 Å². The molecule has 0 spiro atoms. The molecule has 0 aliphatic carbocycles. The summed E-state index contributed by atoms with van der Waals surface area (Å²) in [5, 5.41) is 0.394. The zero-order valence-electron chi connectivity index (χ0n) is 9.49. The number of carbonyl (C=O) groups is 1. The highest BCUT2D eigenvalue weighted by atomic mass is 35.5. The normalized spacial score (nSPS) is 11.9. The SMILES string of the molecule is CCCC(F)OC(=O)COc1ccccc1Cl. The van der Waals surface area contributed by atoms with E-state index in [4.69, 9.17) is 16.3 Å². The predicted octanol–water partition coefficient (Wildman–Crippen LogP) is 3.36. The van der Waals surface area contributed by atoms with E-state index in [2.05, 4.69) is 4.74 Å². The first-order valence-electron chi connectivity index (χ1n) is 5.34. The van der Waals surface area contributed by atoms with Crippen LogP contribution >= 0.6 is 11.6 Å². The summed E-state index contributed by atoms with van der Waals surface area (Å²) in [7, 11) is 0. The van der Waals surface area contributed by atoms with Crippen molar-refractivity contribution in [2.75, 3.05) is 6.61 Å². The van der Waals surface area contributed by atoms with Crippen LogP contribution in [0.3, 0.4) is 0 Å². The van der Waals surface area contributed by atoms with Crippen LogP contribution in [-0.4, -0.2) is 18.9 Å². The molecule has 17 heavy (non-hydrogen) atoms. The predicted molar refractivity (Wildman–Crippen MR) is 62.8 cm³/mol. The van der Waals surface area contributed by atoms with Crippen LogP contribution in [0.1, 0.15) is 19.8 Å². The highest BCUT2D eigenvalue weighted by molar-refractivity contribution is 6.32. The Kier molecular flexibility index (Phi) is 5.77. The molecule has 0 aromatic heterocycles. The van der Waals surface area contributed by atoms with E-state index >= 15 is 0 Å². The molecular formula is C12H14ClFO3. The average molecular weight is 261 g/mol. The van der Waals surface area contributed by atoms with Gasteiger partial charge in [-0.25, -0.2) is 9.18 Å². The third kappa shape index (κ3) is 5.04. The summed E-state index contributed by atoms with van der Waals surface area (Å²) in [5.74, 6) is -0.372. The van der Waals surface area contributed by atoms with Crippen LogP contribution < -0.4 is 4.74 Å². The molecule has 1 atom stereocenters. The van der Waals surface area contributed by atoms with Gasteiger partial charge in [-0.1, -0.05) is 30.7 Å². The summed E-state index contributed by atoms with van der Waals surface area (Å²) in [6.45, 7) is 1.45. The number of rotatable bonds is 6. The quantitative estimate of drug-likeness (QED) is 0.736. The molecule has 1 aromatic carbocycles. The second kappa shape index (κ2) is 7.12. The molecule has 0 saturated heterocycles. The molecule has 5 heteroatoms. The van der Waals surface area contributed by atoms with Crippen molar-refractivity contribution in [3.63, 3.8) is 0 Å². The Morgan fingerprint density at radius 3 is 2.82 bits per heavy atom. The Bertz CT molecular complexity index is 371. The Morgan fingerprint density at radius 1 is 1.47 bits per heavy atom. The molecule has 1 unspecified atom stereocenters. The van der Waals surface area contributed by atoms with Crippen molar-refractivity contribution in [3.8, 4) is 5.75 Å². The van der Waals surface area contributed by atoms with Gasteiger partial charge in [0.2, 0.25) is 6.36 Å². The Labute approximate surface area is 104 Å². The summed E-state index contributed by atoms with van der Waals surface area (Å²) in [5.41, 5.74) is 0. The average Bonchev–Trinajstić information content (AvgIpc) is 2.28. The summed E-state index contributed by atoms with van der Waals surface area (Å²) in [6.07, 6.45) is -0.764. The number of carbonyl (C=O) groups excluding carboxylic acids is 1. The zero-order valence-corrected chi connectivity index (χ0v) is 10.2. The minimum Gasteiger partial charge on any atom is -0.480 e. The zero-order chi connectivity index (χ0) is 12.7. The second-order valence-electron chi connectivity index (χ2n) is 3.41. The highest BCUT2D eigenvalue weighted by Crippen LogP contribution is 2.22. The highest BCUT2D eigenvalue weighted by Gasteiger charge is 2.12. The van der Waals surface area contributed by atoms with Crippen LogP contribution in [0.2, 0.25) is 5.02 Å². The van der Waals surface area contributed by atoms with Gasteiger partial charge in [0.15, 0.2) is 6.61 Å². The van der Waals surface area contributed by atoms with E-state index in [0.717, 1.165) is 0 Å². The topological polar surface area (TPSA) is 35.5 Å². The van der Waals surface area contributed by atoms with E-state index in [1.54, 1.807) is 31.2 Å². The molecular weight excluding hydrogens is 247 g/mol. The van der Waals surface area contributed by atoms with E-state index in [0.29, 0.717) is 17.2 Å². The molecule has 0 heterocycles. The van der Waals surface area contributed by atoms with Gasteiger partial charge in [0.05, 0.1) is 5.02 Å². The number of esters is 1. The Morgan fingerprint density at radius 2 is 2.18 bits per heavy atom. The summed E-state index contributed by atoms with van der Waals surface area (Å²) >= 11 is 5.81. The number of hydrogen-bond donors (Lipinski definition) is 0. The van der Waals surface area contributed by atoms with Gasteiger partial charge >= 0.3 is 5.97 Å². The van der Waals surface area contributed by atoms with Gasteiger partial charge in [-0.2, -0.15) is 0 Å². The van der Waals surface area contributed by atoms with Gasteiger partial charge in [-0.15, -0.1) is 0 Å². The molecule has 0 aliphatic rings. The van der Waals surface area contributed by atoms with Crippen molar-refractivity contribution in [2.45, 2.75) is 26.1 Å². The van der Waals surface area contributed by atoms with Gasteiger partial charge in [-0.3, -0.25) is 0 Å². The standard InChI is InChI=1S/C12H14ClFO3/c1-2-5-11(14)17-12(15)8-16-10-7-4-3-6-9(10)13/h3-4,6-7,11H,2,5,8H2,1H3. The number of halogens is 2. The van der Waals surface area contributed by atoms with Gasteiger partial charge < -0.3 is 9.47 Å². The van der Waals surface area contributed by atoms with E-state index in [1.807, 2.05) is 0 Å². The molecule has 0 radical (unpaired) electrons. The summed E-state index contributed by atoms with van der Waals surface area (Å²) < 4.78 is 22.5. The van der Waals surface area contributed by atoms with Crippen molar-refractivity contribution in [3.05, 3.63) is 29.3 Å². The van der Waals surface area contributed by atoms with Gasteiger partial charge in [-0.05, 0) is 18.6 Å². The lowest BCUT2D eigenvalue weighted by Crippen LogP contribution is -2.19. The van der Waals surface area contributed by atoms with E-state index in [1.165, 1.54) is 0 Å². The lowest BCUT2D eigenvalue weighted by Gasteiger charge is -2.10. The van der Waals surface area contributed by atoms with Gasteiger partial charge in [0.25, 0.3) is 0 Å². The first-order chi connectivity index (χ1) is 8.13. The molecule has 94 valence electrons. The van der Waals surface area contributed by atoms with E-state index in [-0.39, 0.29) is 13.0 Å². The summed E-state index contributed by atoms with van der Waals surface area (Å²) in [6, 6.07) is 6.72. The minimum absolute atomic E-state index is 0.192. The number of alkyl halides is 1. The fraction of sp³-hybridized carbons (Fsp3) is 0.417. The Hall–Kier alpha value is -1.29.